The van der Waals surface area contributed by atoms with Crippen LogP contribution >= 0.6 is 11.3 Å². The highest BCUT2D eigenvalue weighted by atomic mass is 32.1. The molecule has 5 heteroatoms. The van der Waals surface area contributed by atoms with Gasteiger partial charge in [0.2, 0.25) is 0 Å². The predicted octanol–water partition coefficient (Wildman–Crippen LogP) is 1.90. The molecule has 0 radical (unpaired) electrons. The van der Waals surface area contributed by atoms with Crippen molar-refractivity contribution in [2.75, 3.05) is 0 Å². The summed E-state index contributed by atoms with van der Waals surface area (Å²) in [7, 11) is 0. The first-order chi connectivity index (χ1) is 10.2. The summed E-state index contributed by atoms with van der Waals surface area (Å²) in [5.74, 6) is 2.53. The van der Waals surface area contributed by atoms with Gasteiger partial charge in [0.05, 0.1) is 4.88 Å². The van der Waals surface area contributed by atoms with E-state index in [1.807, 2.05) is 12.1 Å². The van der Waals surface area contributed by atoms with Gasteiger partial charge in [0.15, 0.2) is 0 Å². The number of amides is 1. The lowest BCUT2D eigenvalue weighted by Crippen LogP contribution is -2.43. The molecule has 2 N–H and O–H groups in total. The summed E-state index contributed by atoms with van der Waals surface area (Å²) in [4.78, 5) is 17.5. The molecule has 2 aliphatic heterocycles. The molecule has 2 aromatic rings. The average Bonchev–Trinajstić information content (AvgIpc) is 3.20. The van der Waals surface area contributed by atoms with Crippen molar-refractivity contribution in [2.45, 2.75) is 37.4 Å². The van der Waals surface area contributed by atoms with E-state index in [9.17, 15) is 4.79 Å². The summed E-state index contributed by atoms with van der Waals surface area (Å²) in [5.41, 5.74) is 0.468. The summed E-state index contributed by atoms with van der Waals surface area (Å²) < 4.78 is 1.01. The van der Waals surface area contributed by atoms with Crippen LogP contribution in [0, 0.1) is 12.3 Å². The molecule has 0 unspecified atom stereocenters. The van der Waals surface area contributed by atoms with Crippen LogP contribution in [0.5, 0.6) is 0 Å². The van der Waals surface area contributed by atoms with Crippen molar-refractivity contribution in [2.24, 2.45) is 0 Å². The van der Waals surface area contributed by atoms with E-state index in [4.69, 9.17) is 6.42 Å². The van der Waals surface area contributed by atoms with Crippen LogP contribution in [0.3, 0.4) is 0 Å². The second-order valence-corrected chi connectivity index (χ2v) is 6.81. The van der Waals surface area contributed by atoms with E-state index in [1.54, 1.807) is 6.20 Å². The minimum Gasteiger partial charge on any atom is -0.346 e. The number of thiophene rings is 1. The number of terminal acetylenes is 1. The third kappa shape index (κ3) is 2.21. The Kier molecular flexibility index (Phi) is 2.95. The minimum absolute atomic E-state index is 0.0908. The van der Waals surface area contributed by atoms with E-state index in [1.165, 1.54) is 17.8 Å². The number of rotatable bonds is 2. The van der Waals surface area contributed by atoms with Gasteiger partial charge in [0, 0.05) is 34.4 Å². The zero-order valence-corrected chi connectivity index (χ0v) is 12.2. The standard InChI is InChI=1S/C16H15N3OS/c1-2-11-5-9-8-17-14(7-15(9)21-11)16(20)19-13-6-10-3-4-12(13)18-10/h1,5,7-8,10,12-13,18H,3-4,6H2,(H,19,20)/t10-,12+,13-/m1/s1. The highest BCUT2D eigenvalue weighted by Gasteiger charge is 2.39. The van der Waals surface area contributed by atoms with Gasteiger partial charge in [-0.25, -0.2) is 0 Å². The number of hydrogen-bond acceptors (Lipinski definition) is 4. The molecule has 4 rings (SSSR count). The number of carbonyl (C=O) groups is 1. The van der Waals surface area contributed by atoms with Crippen molar-refractivity contribution in [1.29, 1.82) is 0 Å². The van der Waals surface area contributed by atoms with Crippen LogP contribution in [-0.2, 0) is 0 Å². The molecular formula is C16H15N3OS. The van der Waals surface area contributed by atoms with Crippen molar-refractivity contribution in [3.8, 4) is 12.3 Å². The first kappa shape index (κ1) is 12.8. The number of nitrogens with zero attached hydrogens (tertiary/aromatic N) is 1. The Balaban J connectivity index is 1.55. The van der Waals surface area contributed by atoms with Crippen molar-refractivity contribution in [3.63, 3.8) is 0 Å². The van der Waals surface area contributed by atoms with Gasteiger partial charge >= 0.3 is 0 Å². The highest BCUT2D eigenvalue weighted by Crippen LogP contribution is 2.29. The molecule has 2 bridgehead atoms. The number of nitrogens with one attached hydrogen (secondary N) is 2. The fraction of sp³-hybridized carbons (Fsp3) is 0.375. The maximum absolute atomic E-state index is 12.4. The van der Waals surface area contributed by atoms with Gasteiger partial charge in [-0.05, 0) is 31.4 Å². The topological polar surface area (TPSA) is 54.0 Å². The highest BCUT2D eigenvalue weighted by molar-refractivity contribution is 7.19. The van der Waals surface area contributed by atoms with E-state index >= 15 is 0 Å². The lowest BCUT2D eigenvalue weighted by atomic mass is 9.95. The number of aromatic nitrogens is 1. The molecule has 21 heavy (non-hydrogen) atoms. The lowest BCUT2D eigenvalue weighted by Gasteiger charge is -2.21. The van der Waals surface area contributed by atoms with Crippen LogP contribution in [0.25, 0.3) is 10.1 Å². The fourth-order valence-corrected chi connectivity index (χ4v) is 4.24. The van der Waals surface area contributed by atoms with Gasteiger partial charge in [-0.3, -0.25) is 9.78 Å². The summed E-state index contributed by atoms with van der Waals surface area (Å²) in [5, 5.41) is 7.62. The Morgan fingerprint density at radius 2 is 2.38 bits per heavy atom. The van der Waals surface area contributed by atoms with Gasteiger partial charge in [-0.1, -0.05) is 5.92 Å². The molecular weight excluding hydrogens is 282 g/mol. The average molecular weight is 297 g/mol. The molecule has 4 heterocycles. The molecule has 3 atom stereocenters. The maximum Gasteiger partial charge on any atom is 0.270 e. The first-order valence-corrected chi connectivity index (χ1v) is 7.98. The van der Waals surface area contributed by atoms with Crippen LogP contribution < -0.4 is 10.6 Å². The van der Waals surface area contributed by atoms with E-state index in [-0.39, 0.29) is 11.9 Å². The smallest absolute Gasteiger partial charge is 0.270 e. The predicted molar refractivity (Wildman–Crippen MR) is 83.4 cm³/mol. The summed E-state index contributed by atoms with van der Waals surface area (Å²) in [6.07, 6.45) is 10.5. The molecule has 2 aliphatic rings. The largest absolute Gasteiger partial charge is 0.346 e. The van der Waals surface area contributed by atoms with Crippen LogP contribution in [0.2, 0.25) is 0 Å². The number of hydrogen-bond donors (Lipinski definition) is 2. The maximum atomic E-state index is 12.4. The van der Waals surface area contributed by atoms with E-state index in [0.717, 1.165) is 27.8 Å². The Morgan fingerprint density at radius 1 is 1.48 bits per heavy atom. The molecule has 2 saturated heterocycles. The van der Waals surface area contributed by atoms with Crippen LogP contribution in [0.15, 0.2) is 18.3 Å². The van der Waals surface area contributed by atoms with Crippen LogP contribution in [0.1, 0.15) is 34.6 Å². The molecule has 0 aromatic carbocycles. The molecule has 0 saturated carbocycles. The normalized spacial score (nSPS) is 26.9. The third-order valence-corrected chi connectivity index (χ3v) is 5.42. The molecule has 2 fully saturated rings. The SMILES string of the molecule is C#Cc1cc2cnc(C(=O)N[C@@H]3C[C@H]4CC[C@@H]3N4)cc2s1. The van der Waals surface area contributed by atoms with E-state index in [0.29, 0.717) is 17.8 Å². The second-order valence-electron chi connectivity index (χ2n) is 5.73. The van der Waals surface area contributed by atoms with Crippen molar-refractivity contribution >= 4 is 27.3 Å². The third-order valence-electron chi connectivity index (χ3n) is 4.39. The second kappa shape index (κ2) is 4.83. The fourth-order valence-electron chi connectivity index (χ4n) is 3.35. The Bertz CT molecular complexity index is 760. The molecule has 4 nitrogen and oxygen atoms in total. The minimum atomic E-state index is -0.0908. The van der Waals surface area contributed by atoms with Crippen LogP contribution in [-0.4, -0.2) is 29.0 Å². The van der Waals surface area contributed by atoms with Gasteiger partial charge < -0.3 is 10.6 Å². The first-order valence-electron chi connectivity index (χ1n) is 7.16. The summed E-state index contributed by atoms with van der Waals surface area (Å²) in [6.45, 7) is 0. The molecule has 0 aliphatic carbocycles. The Labute approximate surface area is 127 Å². The zero-order chi connectivity index (χ0) is 14.4. The Hall–Kier alpha value is -1.90. The summed E-state index contributed by atoms with van der Waals surface area (Å²) >= 11 is 1.52. The number of fused-ring (bicyclic) bond motifs is 3. The monoisotopic (exact) mass is 297 g/mol. The molecule has 2 aromatic heterocycles. The lowest BCUT2D eigenvalue weighted by molar-refractivity contribution is 0.0926. The van der Waals surface area contributed by atoms with Crippen molar-refractivity contribution in [3.05, 3.63) is 28.9 Å². The van der Waals surface area contributed by atoms with E-state index < -0.39 is 0 Å². The quantitative estimate of drug-likeness (QED) is 0.833. The van der Waals surface area contributed by atoms with Gasteiger partial charge in [-0.15, -0.1) is 17.8 Å². The van der Waals surface area contributed by atoms with Crippen LogP contribution in [0.4, 0.5) is 0 Å². The van der Waals surface area contributed by atoms with Gasteiger partial charge in [0.25, 0.3) is 5.91 Å². The molecule has 1 amide bonds. The van der Waals surface area contributed by atoms with E-state index in [2.05, 4.69) is 21.5 Å². The molecule has 106 valence electrons. The van der Waals surface area contributed by atoms with Gasteiger partial charge in [0.1, 0.15) is 5.69 Å². The van der Waals surface area contributed by atoms with Gasteiger partial charge in [-0.2, -0.15) is 0 Å². The van der Waals surface area contributed by atoms with Crippen molar-refractivity contribution in [1.82, 2.24) is 15.6 Å². The summed E-state index contributed by atoms with van der Waals surface area (Å²) in [6, 6.07) is 4.99. The van der Waals surface area contributed by atoms with Crippen molar-refractivity contribution < 1.29 is 4.79 Å². The zero-order valence-electron chi connectivity index (χ0n) is 11.4. The number of pyridine rings is 1. The molecule has 0 spiro atoms. The number of carbonyl (C=O) groups excluding carboxylic acids is 1. The Morgan fingerprint density at radius 3 is 3.10 bits per heavy atom.